The summed E-state index contributed by atoms with van der Waals surface area (Å²) in [5, 5.41) is 26.8. The van der Waals surface area contributed by atoms with Gasteiger partial charge in [-0.1, -0.05) is 66.2 Å². The second-order valence-corrected chi connectivity index (χ2v) is 9.53. The molecule has 5 N–H and O–H groups in total. The molecule has 0 spiro atoms. The highest BCUT2D eigenvalue weighted by Crippen LogP contribution is 2.15. The molecule has 0 bridgehead atoms. The van der Waals surface area contributed by atoms with E-state index < -0.39 is 35.0 Å². The maximum absolute atomic E-state index is 12.0. The summed E-state index contributed by atoms with van der Waals surface area (Å²) in [5.41, 5.74) is 2.34. The monoisotopic (exact) mass is 518 g/mol. The Bertz CT molecular complexity index is 1080. The van der Waals surface area contributed by atoms with Crippen molar-refractivity contribution in [2.24, 2.45) is 0 Å². The number of aliphatic hydroxyl groups is 2. The van der Waals surface area contributed by atoms with E-state index in [2.05, 4.69) is 39.4 Å². The molecule has 2 amide bonds. The number of anilines is 1. The maximum atomic E-state index is 12.0. The fourth-order valence-corrected chi connectivity index (χ4v) is 4.07. The first-order valence-electron chi connectivity index (χ1n) is 10.8. The number of aryl methyl sites for hydroxylation is 1. The van der Waals surface area contributed by atoms with Crippen LogP contribution in [-0.2, 0) is 22.3 Å². The number of amides is 2. The zero-order chi connectivity index (χ0) is 25.6. The van der Waals surface area contributed by atoms with Crippen LogP contribution in [0.3, 0.4) is 0 Å². The molecular formula is C24H30N4O5S2. The summed E-state index contributed by atoms with van der Waals surface area (Å²) in [6.07, 6.45) is -1.50. The minimum absolute atomic E-state index is 0.0974. The second-order valence-electron chi connectivity index (χ2n) is 7.56. The molecular weight excluding hydrogens is 488 g/mol. The zero-order valence-electron chi connectivity index (χ0n) is 19.5. The Morgan fingerprint density at radius 1 is 1.00 bits per heavy atom. The summed E-state index contributed by atoms with van der Waals surface area (Å²) in [5.74, 6) is -0.963. The Labute approximate surface area is 211 Å². The summed E-state index contributed by atoms with van der Waals surface area (Å²) in [4.78, 5) is 27.9. The first-order valence-corrected chi connectivity index (χ1v) is 13.2. The Morgan fingerprint density at radius 2 is 1.63 bits per heavy atom. The third kappa shape index (κ3) is 11.2. The molecule has 0 aliphatic heterocycles. The third-order valence-electron chi connectivity index (χ3n) is 4.55. The fourth-order valence-electron chi connectivity index (χ4n) is 2.70. The maximum Gasteiger partial charge on any atom is 0.270 e. The van der Waals surface area contributed by atoms with Gasteiger partial charge >= 0.3 is 0 Å². The van der Waals surface area contributed by atoms with Gasteiger partial charge in [0.15, 0.2) is 5.13 Å². The summed E-state index contributed by atoms with van der Waals surface area (Å²) < 4.78 is 13.6. The Kier molecular flexibility index (Phi) is 12.0. The van der Waals surface area contributed by atoms with Gasteiger partial charge in [-0.25, -0.2) is 9.19 Å². The molecule has 9 nitrogen and oxygen atoms in total. The Balaban J connectivity index is 0.000000527. The molecule has 2 aromatic carbocycles. The Hall–Kier alpha value is -3.12. The van der Waals surface area contributed by atoms with E-state index >= 15 is 0 Å². The molecule has 0 radical (unpaired) electrons. The molecule has 3 aromatic rings. The predicted octanol–water partition coefficient (Wildman–Crippen LogP) is 2.00. The molecule has 1 aromatic heterocycles. The van der Waals surface area contributed by atoms with Crippen LogP contribution in [0.25, 0.3) is 0 Å². The lowest BCUT2D eigenvalue weighted by atomic mass is 10.1. The molecule has 3 atom stereocenters. The number of carbonyl (C=O) groups excluding carboxylic acids is 2. The van der Waals surface area contributed by atoms with Gasteiger partial charge in [0.25, 0.3) is 5.91 Å². The SMILES string of the molecule is CS(=O)Nc1nc(C(=O)NCC(O)C(O)CC(=O)NCc2ccccc2)cs1.Cc1ccccc1. The second kappa shape index (κ2) is 15.0. The highest BCUT2D eigenvalue weighted by atomic mass is 32.2. The lowest BCUT2D eigenvalue weighted by Gasteiger charge is -2.17. The van der Waals surface area contributed by atoms with E-state index in [9.17, 15) is 24.0 Å². The molecule has 0 saturated carbocycles. The number of aliphatic hydroxyl groups excluding tert-OH is 2. The van der Waals surface area contributed by atoms with E-state index in [1.54, 1.807) is 0 Å². The van der Waals surface area contributed by atoms with Crippen molar-refractivity contribution in [3.05, 3.63) is 82.9 Å². The molecule has 188 valence electrons. The highest BCUT2D eigenvalue weighted by molar-refractivity contribution is 7.85. The summed E-state index contributed by atoms with van der Waals surface area (Å²) in [6, 6.07) is 19.6. The van der Waals surface area contributed by atoms with Gasteiger partial charge in [-0.05, 0) is 12.5 Å². The van der Waals surface area contributed by atoms with E-state index in [1.807, 2.05) is 48.5 Å². The van der Waals surface area contributed by atoms with E-state index in [0.29, 0.717) is 11.7 Å². The van der Waals surface area contributed by atoms with Crippen LogP contribution in [0.5, 0.6) is 0 Å². The average Bonchev–Trinajstić information content (AvgIpc) is 3.30. The van der Waals surface area contributed by atoms with Crippen molar-refractivity contribution in [2.45, 2.75) is 32.1 Å². The summed E-state index contributed by atoms with van der Waals surface area (Å²) in [7, 11) is -1.30. The van der Waals surface area contributed by atoms with Gasteiger partial charge < -0.3 is 20.8 Å². The molecule has 3 rings (SSSR count). The van der Waals surface area contributed by atoms with Crippen molar-refractivity contribution >= 4 is 39.3 Å². The first kappa shape index (κ1) is 28.1. The van der Waals surface area contributed by atoms with Gasteiger partial charge in [-0.15, -0.1) is 11.3 Å². The smallest absolute Gasteiger partial charge is 0.270 e. The molecule has 0 saturated heterocycles. The number of carbonyl (C=O) groups is 2. The largest absolute Gasteiger partial charge is 0.390 e. The lowest BCUT2D eigenvalue weighted by molar-refractivity contribution is -0.124. The van der Waals surface area contributed by atoms with Crippen molar-refractivity contribution in [3.63, 3.8) is 0 Å². The van der Waals surface area contributed by atoms with Gasteiger partial charge in [0.2, 0.25) is 5.91 Å². The van der Waals surface area contributed by atoms with Crippen molar-refractivity contribution in [1.29, 1.82) is 0 Å². The number of nitrogens with zero attached hydrogens (tertiary/aromatic N) is 1. The van der Waals surface area contributed by atoms with Crippen molar-refractivity contribution in [1.82, 2.24) is 15.6 Å². The minimum atomic E-state index is -1.33. The van der Waals surface area contributed by atoms with E-state index in [-0.39, 0.29) is 18.7 Å². The van der Waals surface area contributed by atoms with Crippen LogP contribution in [-0.4, -0.2) is 56.2 Å². The van der Waals surface area contributed by atoms with E-state index in [0.717, 1.165) is 16.9 Å². The normalized spacial score (nSPS) is 12.9. The average molecular weight is 519 g/mol. The fraction of sp³-hybridized carbons (Fsp3) is 0.292. The van der Waals surface area contributed by atoms with Crippen LogP contribution in [0.1, 0.15) is 28.0 Å². The number of nitrogens with one attached hydrogen (secondary N) is 3. The quantitative estimate of drug-likeness (QED) is 0.278. The molecule has 3 unspecified atom stereocenters. The number of rotatable bonds is 10. The number of benzene rings is 2. The molecule has 11 heteroatoms. The number of hydrogen-bond acceptors (Lipinski definition) is 7. The van der Waals surface area contributed by atoms with Crippen LogP contribution in [0.15, 0.2) is 66.0 Å². The van der Waals surface area contributed by atoms with Gasteiger partial charge in [-0.3, -0.25) is 14.3 Å². The number of aromatic nitrogens is 1. The first-order chi connectivity index (χ1) is 16.7. The number of thiazole rings is 1. The number of hydrogen-bond donors (Lipinski definition) is 5. The van der Waals surface area contributed by atoms with Gasteiger partial charge in [-0.2, -0.15) is 0 Å². The third-order valence-corrected chi connectivity index (χ3v) is 5.92. The van der Waals surface area contributed by atoms with Gasteiger partial charge in [0.1, 0.15) is 16.7 Å². The van der Waals surface area contributed by atoms with Gasteiger partial charge in [0, 0.05) is 24.7 Å². The molecule has 1 heterocycles. The van der Waals surface area contributed by atoms with Crippen molar-refractivity contribution in [3.8, 4) is 0 Å². The lowest BCUT2D eigenvalue weighted by Crippen LogP contribution is -2.41. The molecule has 0 aliphatic rings. The predicted molar refractivity (Wildman–Crippen MR) is 138 cm³/mol. The van der Waals surface area contributed by atoms with Crippen molar-refractivity contribution < 1.29 is 24.0 Å². The Morgan fingerprint density at radius 3 is 2.20 bits per heavy atom. The van der Waals surface area contributed by atoms with Crippen LogP contribution in [0, 0.1) is 6.92 Å². The van der Waals surface area contributed by atoms with E-state index in [4.69, 9.17) is 0 Å². The topological polar surface area (TPSA) is 141 Å². The van der Waals surface area contributed by atoms with E-state index in [1.165, 1.54) is 17.2 Å². The summed E-state index contributed by atoms with van der Waals surface area (Å²) >= 11 is 1.12. The molecule has 35 heavy (non-hydrogen) atoms. The van der Waals surface area contributed by atoms with Crippen LogP contribution in [0.2, 0.25) is 0 Å². The molecule has 0 fully saturated rings. The standard InChI is InChI=1S/C17H22N4O5S2.C7H8/c1-28(26)21-17-20-12(10-27-17)16(25)19-9-14(23)13(22)7-15(24)18-8-11-5-3-2-4-6-11;1-7-5-3-2-4-6-7/h2-6,10,13-14,22-23H,7-9H2,1H3,(H,18,24)(H,19,25)(H,20,21);2-6H,1H3. The van der Waals surface area contributed by atoms with Crippen LogP contribution < -0.4 is 15.4 Å². The highest BCUT2D eigenvalue weighted by Gasteiger charge is 2.21. The van der Waals surface area contributed by atoms with Gasteiger partial charge in [0.05, 0.1) is 18.6 Å². The van der Waals surface area contributed by atoms with Crippen LogP contribution >= 0.6 is 11.3 Å². The molecule has 0 aliphatic carbocycles. The van der Waals surface area contributed by atoms with Crippen molar-refractivity contribution in [2.75, 3.05) is 17.5 Å². The summed E-state index contributed by atoms with van der Waals surface area (Å²) in [6.45, 7) is 2.16. The minimum Gasteiger partial charge on any atom is -0.390 e. The zero-order valence-corrected chi connectivity index (χ0v) is 21.1. The van der Waals surface area contributed by atoms with Crippen LogP contribution in [0.4, 0.5) is 5.13 Å².